The Morgan fingerprint density at radius 3 is 2.89 bits per heavy atom. The van der Waals surface area contributed by atoms with Gasteiger partial charge in [-0.15, -0.1) is 0 Å². The lowest BCUT2D eigenvalue weighted by molar-refractivity contribution is -0.113. The monoisotopic (exact) mass is 304 g/mol. The molecule has 1 rings (SSSR count). The minimum atomic E-state index is -1.20. The van der Waals surface area contributed by atoms with Crippen molar-refractivity contribution >= 4 is 39.7 Å². The van der Waals surface area contributed by atoms with E-state index in [9.17, 15) is 9.00 Å². The molecule has 7 heteroatoms. The minimum absolute atomic E-state index is 0.0512. The molecule has 0 aliphatic carbocycles. The van der Waals surface area contributed by atoms with Crippen LogP contribution < -0.4 is 11.1 Å². The molecule has 1 amide bonds. The number of carbonyl (C=O) groups is 1. The third kappa shape index (κ3) is 6.04. The third-order valence-electron chi connectivity index (χ3n) is 2.28. The van der Waals surface area contributed by atoms with E-state index < -0.39 is 10.8 Å². The maximum Gasteiger partial charge on any atom is 0.237 e. The zero-order valence-electron chi connectivity index (χ0n) is 10.6. The molecule has 1 aromatic rings. The number of benzene rings is 1. The fourth-order valence-corrected chi connectivity index (χ4v) is 2.59. The Kier molecular flexibility index (Phi) is 6.83. The number of hydrogen-bond acceptors (Lipinski definition) is 4. The summed E-state index contributed by atoms with van der Waals surface area (Å²) in [7, 11) is 0.386. The first-order valence-corrected chi connectivity index (χ1v) is 7.58. The molecule has 0 bridgehead atoms. The van der Waals surface area contributed by atoms with Crippen LogP contribution in [0, 0.1) is 0 Å². The van der Waals surface area contributed by atoms with Crippen molar-refractivity contribution < 1.29 is 13.7 Å². The van der Waals surface area contributed by atoms with Gasteiger partial charge in [-0.2, -0.15) is 0 Å². The van der Waals surface area contributed by atoms with Gasteiger partial charge < -0.3 is 15.8 Å². The number of nitrogens with one attached hydrogen (secondary N) is 1. The van der Waals surface area contributed by atoms with Crippen LogP contribution in [-0.4, -0.2) is 35.3 Å². The first-order chi connectivity index (χ1) is 9.02. The Morgan fingerprint density at radius 2 is 2.26 bits per heavy atom. The van der Waals surface area contributed by atoms with Gasteiger partial charge in [0.05, 0.1) is 10.7 Å². The molecule has 5 nitrogen and oxygen atoms in total. The van der Waals surface area contributed by atoms with Gasteiger partial charge in [0.1, 0.15) is 5.75 Å². The lowest BCUT2D eigenvalue weighted by Crippen LogP contribution is -2.21. The highest BCUT2D eigenvalue weighted by atomic mass is 35.5. The number of rotatable bonds is 7. The molecule has 0 saturated heterocycles. The van der Waals surface area contributed by atoms with Gasteiger partial charge in [0.25, 0.3) is 0 Å². The molecule has 0 aliphatic rings. The van der Waals surface area contributed by atoms with Crippen LogP contribution in [0.15, 0.2) is 18.2 Å². The van der Waals surface area contributed by atoms with Crippen LogP contribution in [0.3, 0.4) is 0 Å². The molecule has 0 spiro atoms. The lowest BCUT2D eigenvalue weighted by atomic mass is 10.3. The van der Waals surface area contributed by atoms with Gasteiger partial charge in [0.15, 0.2) is 0 Å². The van der Waals surface area contributed by atoms with Crippen LogP contribution in [0.5, 0.6) is 0 Å². The van der Waals surface area contributed by atoms with Crippen molar-refractivity contribution in [2.75, 3.05) is 36.3 Å². The van der Waals surface area contributed by atoms with Gasteiger partial charge in [-0.05, 0) is 24.6 Å². The second-order valence-electron chi connectivity index (χ2n) is 3.92. The second-order valence-corrected chi connectivity index (χ2v) is 5.91. The predicted octanol–water partition coefficient (Wildman–Crippen LogP) is 1.65. The summed E-state index contributed by atoms with van der Waals surface area (Å²) in [5.74, 6) is 0.0589. The van der Waals surface area contributed by atoms with E-state index in [4.69, 9.17) is 22.1 Å². The summed E-state index contributed by atoms with van der Waals surface area (Å²) in [6, 6.07) is 4.80. The number of nitrogens with two attached hydrogens (primary N) is 1. The van der Waals surface area contributed by atoms with Gasteiger partial charge >= 0.3 is 0 Å². The van der Waals surface area contributed by atoms with Crippen LogP contribution in [-0.2, 0) is 20.3 Å². The lowest BCUT2D eigenvalue weighted by Gasteiger charge is -2.07. The number of methoxy groups -OCH3 is 1. The van der Waals surface area contributed by atoms with Crippen LogP contribution in [0.4, 0.5) is 11.4 Å². The summed E-state index contributed by atoms with van der Waals surface area (Å²) in [5.41, 5.74) is 6.54. The van der Waals surface area contributed by atoms with Gasteiger partial charge in [0.2, 0.25) is 5.91 Å². The molecule has 1 atom stereocenters. The molecule has 1 aromatic carbocycles. The zero-order chi connectivity index (χ0) is 14.3. The minimum Gasteiger partial charge on any atom is -0.399 e. The number of ether oxygens (including phenoxy) is 1. The SMILES string of the molecule is COCCCS(=O)CC(=O)Nc1ccc(N)cc1Cl. The Balaban J connectivity index is 2.44. The second kappa shape index (κ2) is 8.14. The van der Waals surface area contributed by atoms with Gasteiger partial charge in [-0.25, -0.2) is 0 Å². The average Bonchev–Trinajstić information content (AvgIpc) is 2.33. The quantitative estimate of drug-likeness (QED) is 0.593. The highest BCUT2D eigenvalue weighted by Crippen LogP contribution is 2.23. The molecule has 0 aliphatic heterocycles. The first-order valence-electron chi connectivity index (χ1n) is 5.71. The predicted molar refractivity (Wildman–Crippen MR) is 78.9 cm³/mol. The molecule has 3 N–H and O–H groups in total. The van der Waals surface area contributed by atoms with Crippen molar-refractivity contribution in [2.24, 2.45) is 0 Å². The molecule has 0 aromatic heterocycles. The summed E-state index contributed by atoms with van der Waals surface area (Å²) in [6.07, 6.45) is 0.666. The fourth-order valence-electron chi connectivity index (χ4n) is 1.40. The van der Waals surface area contributed by atoms with E-state index in [2.05, 4.69) is 5.32 Å². The molecule has 0 radical (unpaired) electrons. The molecular formula is C12H17ClN2O3S. The van der Waals surface area contributed by atoms with Crippen molar-refractivity contribution in [3.8, 4) is 0 Å². The number of anilines is 2. The van der Waals surface area contributed by atoms with Crippen LogP contribution in [0.1, 0.15) is 6.42 Å². The van der Waals surface area contributed by atoms with Gasteiger partial charge in [-0.3, -0.25) is 9.00 Å². The molecule has 19 heavy (non-hydrogen) atoms. The molecular weight excluding hydrogens is 288 g/mol. The summed E-state index contributed by atoms with van der Waals surface area (Å²) in [5, 5.41) is 2.97. The number of nitrogen functional groups attached to an aromatic ring is 1. The average molecular weight is 305 g/mol. The van der Waals surface area contributed by atoms with E-state index in [1.807, 2.05) is 0 Å². The number of carbonyl (C=O) groups excluding carboxylic acids is 1. The molecule has 1 unspecified atom stereocenters. The Morgan fingerprint density at radius 1 is 1.53 bits per heavy atom. The Labute approximate surface area is 119 Å². The Hall–Kier alpha value is -1.11. The number of halogens is 1. The van der Waals surface area contributed by atoms with E-state index in [-0.39, 0.29) is 11.7 Å². The van der Waals surface area contributed by atoms with Crippen molar-refractivity contribution in [1.29, 1.82) is 0 Å². The standard InChI is InChI=1S/C12H17ClN2O3S/c1-18-5-2-6-19(17)8-12(16)15-11-4-3-9(14)7-10(11)13/h3-4,7H,2,5-6,8,14H2,1H3,(H,15,16). The van der Waals surface area contributed by atoms with Crippen LogP contribution in [0.25, 0.3) is 0 Å². The third-order valence-corrected chi connectivity index (χ3v) is 3.92. The van der Waals surface area contributed by atoms with Crippen molar-refractivity contribution in [3.63, 3.8) is 0 Å². The highest BCUT2D eigenvalue weighted by molar-refractivity contribution is 7.85. The van der Waals surface area contributed by atoms with Crippen molar-refractivity contribution in [2.45, 2.75) is 6.42 Å². The highest BCUT2D eigenvalue weighted by Gasteiger charge is 2.10. The normalized spacial score (nSPS) is 12.1. The molecule has 0 fully saturated rings. The Bertz CT molecular complexity index is 468. The summed E-state index contributed by atoms with van der Waals surface area (Å²) in [6.45, 7) is 0.539. The topological polar surface area (TPSA) is 81.4 Å². The van der Waals surface area contributed by atoms with E-state index in [1.165, 1.54) is 0 Å². The van der Waals surface area contributed by atoms with E-state index in [0.29, 0.717) is 35.2 Å². The van der Waals surface area contributed by atoms with Crippen LogP contribution >= 0.6 is 11.6 Å². The molecule has 106 valence electrons. The zero-order valence-corrected chi connectivity index (χ0v) is 12.2. The smallest absolute Gasteiger partial charge is 0.237 e. The molecule has 0 heterocycles. The number of amides is 1. The van der Waals surface area contributed by atoms with Crippen molar-refractivity contribution in [3.05, 3.63) is 23.2 Å². The summed E-state index contributed by atoms with van der Waals surface area (Å²) >= 11 is 5.93. The first kappa shape index (κ1) is 15.9. The largest absolute Gasteiger partial charge is 0.399 e. The van der Waals surface area contributed by atoms with E-state index >= 15 is 0 Å². The maximum absolute atomic E-state index is 11.7. The van der Waals surface area contributed by atoms with E-state index in [0.717, 1.165) is 0 Å². The van der Waals surface area contributed by atoms with Crippen molar-refractivity contribution in [1.82, 2.24) is 0 Å². The van der Waals surface area contributed by atoms with Gasteiger partial charge in [0, 0.05) is 36.0 Å². The number of hydrogen-bond donors (Lipinski definition) is 2. The van der Waals surface area contributed by atoms with E-state index in [1.54, 1.807) is 25.3 Å². The van der Waals surface area contributed by atoms with Crippen LogP contribution in [0.2, 0.25) is 5.02 Å². The van der Waals surface area contributed by atoms with Gasteiger partial charge in [-0.1, -0.05) is 11.6 Å². The summed E-state index contributed by atoms with van der Waals surface area (Å²) < 4.78 is 16.5. The summed E-state index contributed by atoms with van der Waals surface area (Å²) in [4.78, 5) is 11.7. The fraction of sp³-hybridized carbons (Fsp3) is 0.417. The molecule has 0 saturated carbocycles. The maximum atomic E-state index is 11.7.